The van der Waals surface area contributed by atoms with Gasteiger partial charge in [0, 0.05) is 33.2 Å². The molecule has 1 saturated heterocycles. The number of hydrogen-bond donors (Lipinski definition) is 1. The van der Waals surface area contributed by atoms with Crippen LogP contribution in [0.15, 0.2) is 24.3 Å². The Morgan fingerprint density at radius 1 is 1.26 bits per heavy atom. The van der Waals surface area contributed by atoms with Gasteiger partial charge in [-0.3, -0.25) is 0 Å². The third kappa shape index (κ3) is 2.29. The molecule has 1 aromatic rings. The van der Waals surface area contributed by atoms with Gasteiger partial charge in [-0.05, 0) is 17.5 Å². The van der Waals surface area contributed by atoms with E-state index in [-0.39, 0.29) is 6.04 Å². The number of benzene rings is 1. The first-order chi connectivity index (χ1) is 9.09. The van der Waals surface area contributed by atoms with Crippen LogP contribution in [0.4, 0.5) is 0 Å². The highest BCUT2D eigenvalue weighted by atomic mass is 32.2. The van der Waals surface area contributed by atoms with Crippen molar-refractivity contribution in [3.63, 3.8) is 0 Å². The number of rotatable bonds is 3. The summed E-state index contributed by atoms with van der Waals surface area (Å²) in [6.45, 7) is 2.56. The highest BCUT2D eigenvalue weighted by Crippen LogP contribution is 2.23. The van der Waals surface area contributed by atoms with Crippen molar-refractivity contribution in [3.05, 3.63) is 35.4 Å². The molecule has 0 aliphatic carbocycles. The van der Waals surface area contributed by atoms with E-state index in [1.165, 1.54) is 9.87 Å². The number of likely N-dealkylation sites (N-methyl/N-ethyl adjacent to an activating group) is 1. The summed E-state index contributed by atoms with van der Waals surface area (Å²) in [4.78, 5) is 0. The highest BCUT2D eigenvalue weighted by molar-refractivity contribution is 7.86. The van der Waals surface area contributed by atoms with Crippen molar-refractivity contribution in [2.45, 2.75) is 19.0 Å². The number of nitrogens with zero attached hydrogens (tertiary/aromatic N) is 2. The minimum absolute atomic E-state index is 0.0992. The second-order valence-corrected chi connectivity index (χ2v) is 7.18. The Bertz CT molecular complexity index is 569. The van der Waals surface area contributed by atoms with Crippen LogP contribution < -0.4 is 5.32 Å². The highest BCUT2D eigenvalue weighted by Gasteiger charge is 2.36. The maximum absolute atomic E-state index is 12.6. The molecule has 5 nitrogen and oxygen atoms in total. The van der Waals surface area contributed by atoms with E-state index in [0.717, 1.165) is 25.1 Å². The van der Waals surface area contributed by atoms with E-state index < -0.39 is 10.2 Å². The molecule has 1 N–H and O–H groups in total. The van der Waals surface area contributed by atoms with E-state index in [1.54, 1.807) is 11.4 Å². The maximum Gasteiger partial charge on any atom is 0.282 e. The van der Waals surface area contributed by atoms with E-state index in [2.05, 4.69) is 11.4 Å². The van der Waals surface area contributed by atoms with Crippen molar-refractivity contribution in [2.24, 2.45) is 0 Å². The first-order valence-electron chi connectivity index (χ1n) is 6.59. The lowest BCUT2D eigenvalue weighted by atomic mass is 10.0. The molecule has 2 aliphatic rings. The summed E-state index contributed by atoms with van der Waals surface area (Å²) in [5.41, 5.74) is 2.39. The Morgan fingerprint density at radius 2 is 1.95 bits per heavy atom. The van der Waals surface area contributed by atoms with Gasteiger partial charge in [-0.15, -0.1) is 0 Å². The van der Waals surface area contributed by atoms with Gasteiger partial charge in [0.2, 0.25) is 0 Å². The molecule has 104 valence electrons. The molecule has 0 atom stereocenters. The first-order valence-corrected chi connectivity index (χ1v) is 7.99. The molecule has 2 aliphatic heterocycles. The molecular weight excluding hydrogens is 262 g/mol. The quantitative estimate of drug-likeness (QED) is 0.861. The second kappa shape index (κ2) is 4.86. The maximum atomic E-state index is 12.6. The summed E-state index contributed by atoms with van der Waals surface area (Å²) < 4.78 is 28.2. The van der Waals surface area contributed by atoms with Crippen LogP contribution in [0.3, 0.4) is 0 Å². The van der Waals surface area contributed by atoms with E-state index in [1.807, 2.05) is 18.2 Å². The lowest BCUT2D eigenvalue weighted by Gasteiger charge is -2.38. The number of fused-ring (bicyclic) bond motifs is 1. The van der Waals surface area contributed by atoms with Crippen LogP contribution in [0.1, 0.15) is 11.1 Å². The van der Waals surface area contributed by atoms with Crippen LogP contribution in [0.2, 0.25) is 0 Å². The van der Waals surface area contributed by atoms with E-state index >= 15 is 0 Å². The van der Waals surface area contributed by atoms with Crippen LogP contribution in [0, 0.1) is 0 Å². The lowest BCUT2D eigenvalue weighted by Crippen LogP contribution is -2.60. The summed E-state index contributed by atoms with van der Waals surface area (Å²) >= 11 is 0. The van der Waals surface area contributed by atoms with E-state index in [4.69, 9.17) is 0 Å². The number of nitrogens with one attached hydrogen (secondary N) is 1. The monoisotopic (exact) mass is 281 g/mol. The van der Waals surface area contributed by atoms with Crippen molar-refractivity contribution in [1.82, 2.24) is 13.9 Å². The Balaban J connectivity index is 1.80. The molecule has 1 fully saturated rings. The van der Waals surface area contributed by atoms with Gasteiger partial charge in [-0.2, -0.15) is 17.0 Å². The van der Waals surface area contributed by atoms with Crippen LogP contribution in [0.5, 0.6) is 0 Å². The molecule has 0 amide bonds. The Kier molecular flexibility index (Phi) is 3.34. The van der Waals surface area contributed by atoms with E-state index in [9.17, 15) is 8.42 Å². The molecule has 2 heterocycles. The van der Waals surface area contributed by atoms with Crippen LogP contribution in [-0.4, -0.2) is 49.8 Å². The summed E-state index contributed by atoms with van der Waals surface area (Å²) in [6.07, 6.45) is 0.798. The SMILES string of the molecule is CN(C1CNC1)S(=O)(=O)N1CCc2ccccc2C1. The fourth-order valence-electron chi connectivity index (χ4n) is 2.57. The van der Waals surface area contributed by atoms with Crippen LogP contribution in [0.25, 0.3) is 0 Å². The van der Waals surface area contributed by atoms with Crippen molar-refractivity contribution in [2.75, 3.05) is 26.7 Å². The molecule has 1 aromatic carbocycles. The predicted octanol–water partition coefficient (Wildman–Crippen LogP) is 0.193. The van der Waals surface area contributed by atoms with Gasteiger partial charge in [0.1, 0.15) is 0 Å². The molecule has 3 rings (SSSR count). The molecule has 0 unspecified atom stereocenters. The Morgan fingerprint density at radius 3 is 2.58 bits per heavy atom. The molecular formula is C13H19N3O2S. The van der Waals surface area contributed by atoms with E-state index in [0.29, 0.717) is 13.1 Å². The molecule has 0 bridgehead atoms. The third-order valence-electron chi connectivity index (χ3n) is 4.06. The normalized spacial score (nSPS) is 21.2. The fraction of sp³-hybridized carbons (Fsp3) is 0.538. The fourth-order valence-corrected chi connectivity index (χ4v) is 4.08. The van der Waals surface area contributed by atoms with Gasteiger partial charge >= 0.3 is 0 Å². The van der Waals surface area contributed by atoms with Crippen LogP contribution >= 0.6 is 0 Å². The Labute approximate surface area is 114 Å². The lowest BCUT2D eigenvalue weighted by molar-refractivity contribution is 0.249. The average Bonchev–Trinajstić information content (AvgIpc) is 2.36. The average molecular weight is 281 g/mol. The van der Waals surface area contributed by atoms with Gasteiger partial charge < -0.3 is 5.32 Å². The Hall–Kier alpha value is -0.950. The van der Waals surface area contributed by atoms with Gasteiger partial charge in [-0.25, -0.2) is 0 Å². The van der Waals surface area contributed by atoms with Crippen molar-refractivity contribution in [3.8, 4) is 0 Å². The van der Waals surface area contributed by atoms with Gasteiger partial charge in [0.15, 0.2) is 0 Å². The van der Waals surface area contributed by atoms with Crippen molar-refractivity contribution >= 4 is 10.2 Å². The van der Waals surface area contributed by atoms with Gasteiger partial charge in [-0.1, -0.05) is 24.3 Å². The standard InChI is InChI=1S/C13H19N3O2S/c1-15(13-8-14-9-13)19(17,18)16-7-6-11-4-2-3-5-12(11)10-16/h2-5,13-14H,6-10H2,1H3. The topological polar surface area (TPSA) is 52.7 Å². The van der Waals surface area contributed by atoms with Crippen molar-refractivity contribution < 1.29 is 8.42 Å². The largest absolute Gasteiger partial charge is 0.313 e. The minimum Gasteiger partial charge on any atom is -0.313 e. The second-order valence-electron chi connectivity index (χ2n) is 5.19. The zero-order chi connectivity index (χ0) is 13.5. The first kappa shape index (κ1) is 13.1. The number of hydrogen-bond acceptors (Lipinski definition) is 3. The summed E-state index contributed by atoms with van der Waals surface area (Å²) in [6, 6.07) is 8.17. The molecule has 6 heteroatoms. The summed E-state index contributed by atoms with van der Waals surface area (Å²) in [5, 5.41) is 3.11. The van der Waals surface area contributed by atoms with Crippen molar-refractivity contribution in [1.29, 1.82) is 0 Å². The smallest absolute Gasteiger partial charge is 0.282 e. The molecule has 0 spiro atoms. The van der Waals surface area contributed by atoms with Gasteiger partial charge in [0.25, 0.3) is 10.2 Å². The van der Waals surface area contributed by atoms with Crippen LogP contribution in [-0.2, 0) is 23.2 Å². The molecule has 0 saturated carbocycles. The zero-order valence-electron chi connectivity index (χ0n) is 11.0. The predicted molar refractivity (Wildman–Crippen MR) is 73.9 cm³/mol. The zero-order valence-corrected chi connectivity index (χ0v) is 11.9. The third-order valence-corrected chi connectivity index (χ3v) is 6.05. The summed E-state index contributed by atoms with van der Waals surface area (Å²) in [5.74, 6) is 0. The van der Waals surface area contributed by atoms with Gasteiger partial charge in [0.05, 0.1) is 6.04 Å². The molecule has 19 heavy (non-hydrogen) atoms. The minimum atomic E-state index is -3.34. The molecule has 0 aromatic heterocycles. The molecule has 0 radical (unpaired) electrons. The summed E-state index contributed by atoms with van der Waals surface area (Å²) in [7, 11) is -1.66.